The lowest BCUT2D eigenvalue weighted by molar-refractivity contribution is 0.772. The van der Waals surface area contributed by atoms with Crippen molar-refractivity contribution in [2.75, 3.05) is 16.8 Å². The molecule has 7 nitrogen and oxygen atoms in total. The van der Waals surface area contributed by atoms with Crippen LogP contribution in [0.3, 0.4) is 0 Å². The number of anilines is 2. The van der Waals surface area contributed by atoms with Crippen LogP contribution in [0.25, 0.3) is 0 Å². The third kappa shape index (κ3) is 1.37. The second kappa shape index (κ2) is 3.61. The second-order valence-corrected chi connectivity index (χ2v) is 3.81. The molecule has 0 saturated heterocycles. The molecular formula is C8H9N5O2S. The van der Waals surface area contributed by atoms with Gasteiger partial charge >= 0.3 is 5.69 Å². The Hall–Kier alpha value is -1.88. The average molecular weight is 239 g/mol. The first-order chi connectivity index (χ1) is 7.56. The Morgan fingerprint density at radius 1 is 1.56 bits per heavy atom. The van der Waals surface area contributed by atoms with Crippen molar-refractivity contribution in [2.24, 2.45) is 7.05 Å². The lowest BCUT2D eigenvalue weighted by Gasteiger charge is -2.20. The van der Waals surface area contributed by atoms with Crippen molar-refractivity contribution in [2.45, 2.75) is 5.50 Å². The first-order valence-electron chi connectivity index (χ1n) is 4.47. The van der Waals surface area contributed by atoms with Gasteiger partial charge in [0.15, 0.2) is 0 Å². The summed E-state index contributed by atoms with van der Waals surface area (Å²) in [4.78, 5) is 26.6. The molecule has 0 aliphatic carbocycles. The number of aromatic amines is 1. The molecule has 1 unspecified atom stereocenters. The maximum atomic E-state index is 11.5. The molecule has 2 rings (SSSR count). The third-order valence-electron chi connectivity index (χ3n) is 2.38. The molecule has 2 N–H and O–H groups in total. The fourth-order valence-electron chi connectivity index (χ4n) is 1.64. The Kier molecular flexibility index (Phi) is 2.40. The van der Waals surface area contributed by atoms with Gasteiger partial charge < -0.3 is 10.2 Å². The molecule has 1 aromatic rings. The van der Waals surface area contributed by atoms with E-state index >= 15 is 0 Å². The van der Waals surface area contributed by atoms with Crippen LogP contribution in [0.1, 0.15) is 0 Å². The topological polar surface area (TPSA) is 93.9 Å². The molecule has 1 aliphatic rings. The van der Waals surface area contributed by atoms with Gasteiger partial charge in [-0.2, -0.15) is 5.26 Å². The smallest absolute Gasteiger partial charge is 0.329 e. The SMILES string of the molecule is Cn1c2c(c(=O)[nH]c1=O)NC(S)N2CC#N. The molecule has 16 heavy (non-hydrogen) atoms. The summed E-state index contributed by atoms with van der Waals surface area (Å²) in [7, 11) is 1.52. The summed E-state index contributed by atoms with van der Waals surface area (Å²) in [5.74, 6) is 0.385. The molecule has 0 saturated carbocycles. The maximum absolute atomic E-state index is 11.5. The van der Waals surface area contributed by atoms with Crippen molar-refractivity contribution in [3.63, 3.8) is 0 Å². The highest BCUT2D eigenvalue weighted by Gasteiger charge is 2.30. The van der Waals surface area contributed by atoms with Crippen molar-refractivity contribution in [3.05, 3.63) is 20.8 Å². The lowest BCUT2D eigenvalue weighted by Crippen LogP contribution is -2.35. The van der Waals surface area contributed by atoms with Crippen LogP contribution in [-0.4, -0.2) is 21.6 Å². The first-order valence-corrected chi connectivity index (χ1v) is 4.99. The van der Waals surface area contributed by atoms with E-state index in [0.717, 1.165) is 0 Å². The van der Waals surface area contributed by atoms with Crippen LogP contribution in [0.5, 0.6) is 0 Å². The molecule has 0 fully saturated rings. The second-order valence-electron chi connectivity index (χ2n) is 3.32. The van der Waals surface area contributed by atoms with E-state index in [1.54, 1.807) is 0 Å². The number of nitrogens with zero attached hydrogens (tertiary/aromatic N) is 3. The summed E-state index contributed by atoms with van der Waals surface area (Å²) in [6.07, 6.45) is 0. The van der Waals surface area contributed by atoms with Crippen molar-refractivity contribution < 1.29 is 0 Å². The molecule has 0 radical (unpaired) electrons. The highest BCUT2D eigenvalue weighted by molar-refractivity contribution is 7.81. The minimum absolute atomic E-state index is 0.0465. The zero-order valence-corrected chi connectivity index (χ0v) is 9.28. The van der Waals surface area contributed by atoms with E-state index in [1.807, 2.05) is 6.07 Å². The molecule has 2 heterocycles. The van der Waals surface area contributed by atoms with E-state index in [1.165, 1.54) is 16.5 Å². The zero-order valence-electron chi connectivity index (χ0n) is 8.39. The fraction of sp³-hybridized carbons (Fsp3) is 0.375. The molecule has 0 amide bonds. The van der Waals surface area contributed by atoms with Crippen LogP contribution in [0.4, 0.5) is 11.5 Å². The number of thiol groups is 1. The monoisotopic (exact) mass is 239 g/mol. The van der Waals surface area contributed by atoms with E-state index in [2.05, 4.69) is 22.9 Å². The van der Waals surface area contributed by atoms with E-state index in [-0.39, 0.29) is 12.2 Å². The van der Waals surface area contributed by atoms with Crippen molar-refractivity contribution >= 4 is 24.1 Å². The first kappa shape index (κ1) is 10.6. The number of nitriles is 1. The van der Waals surface area contributed by atoms with Crippen molar-refractivity contribution in [1.29, 1.82) is 5.26 Å². The van der Waals surface area contributed by atoms with Gasteiger partial charge in [0.1, 0.15) is 23.5 Å². The lowest BCUT2D eigenvalue weighted by atomic mass is 10.4. The summed E-state index contributed by atoms with van der Waals surface area (Å²) in [5.41, 5.74) is -1.24. The van der Waals surface area contributed by atoms with Gasteiger partial charge in [-0.05, 0) is 0 Å². The van der Waals surface area contributed by atoms with Gasteiger partial charge in [0.25, 0.3) is 5.56 Å². The molecule has 0 spiro atoms. The summed E-state index contributed by atoms with van der Waals surface area (Å²) in [5, 5.41) is 11.5. The van der Waals surface area contributed by atoms with Gasteiger partial charge in [-0.15, -0.1) is 12.6 Å². The minimum atomic E-state index is -0.518. The van der Waals surface area contributed by atoms with Crippen LogP contribution in [0, 0.1) is 11.3 Å². The molecule has 1 aliphatic heterocycles. The molecule has 0 bridgehead atoms. The molecule has 0 aromatic carbocycles. The van der Waals surface area contributed by atoms with E-state index in [0.29, 0.717) is 5.82 Å². The number of rotatable bonds is 1. The predicted octanol–water partition coefficient (Wildman–Crippen LogP) is -0.958. The van der Waals surface area contributed by atoms with E-state index < -0.39 is 16.7 Å². The largest absolute Gasteiger partial charge is 0.349 e. The predicted molar refractivity (Wildman–Crippen MR) is 61.7 cm³/mol. The number of nitrogens with one attached hydrogen (secondary N) is 2. The van der Waals surface area contributed by atoms with Crippen LogP contribution in [-0.2, 0) is 7.05 Å². The van der Waals surface area contributed by atoms with Crippen LogP contribution in [0.15, 0.2) is 9.59 Å². The summed E-state index contributed by atoms with van der Waals surface area (Å²) < 4.78 is 1.28. The normalized spacial score (nSPS) is 17.8. The summed E-state index contributed by atoms with van der Waals surface area (Å²) in [6.45, 7) is 0.0465. The van der Waals surface area contributed by atoms with E-state index in [4.69, 9.17) is 5.26 Å². The van der Waals surface area contributed by atoms with Crippen LogP contribution < -0.4 is 21.5 Å². The minimum Gasteiger partial charge on any atom is -0.349 e. The molecule has 8 heteroatoms. The maximum Gasteiger partial charge on any atom is 0.329 e. The standard InChI is InChI=1S/C8H9N5O2S/c1-12-6-4(5(14)11-7(12)15)10-8(16)13(6)3-2-9/h8,10,16H,3H2,1H3,(H,11,14,15). The number of hydrogen-bond donors (Lipinski definition) is 3. The zero-order chi connectivity index (χ0) is 11.9. The number of H-pyrrole nitrogens is 1. The Morgan fingerprint density at radius 3 is 2.88 bits per heavy atom. The number of fused-ring (bicyclic) bond motifs is 1. The Balaban J connectivity index is 2.70. The molecule has 1 aromatic heterocycles. The molecule has 84 valence electrons. The average Bonchev–Trinajstić information content (AvgIpc) is 2.55. The van der Waals surface area contributed by atoms with Gasteiger partial charge in [-0.1, -0.05) is 0 Å². The molecular weight excluding hydrogens is 230 g/mol. The van der Waals surface area contributed by atoms with Crippen molar-refractivity contribution in [1.82, 2.24) is 9.55 Å². The highest BCUT2D eigenvalue weighted by Crippen LogP contribution is 2.30. The number of aromatic nitrogens is 2. The highest BCUT2D eigenvalue weighted by atomic mass is 32.1. The molecule has 1 atom stereocenters. The van der Waals surface area contributed by atoms with Crippen LogP contribution >= 0.6 is 12.6 Å². The van der Waals surface area contributed by atoms with Gasteiger partial charge in [-0.25, -0.2) is 4.79 Å². The van der Waals surface area contributed by atoms with Gasteiger partial charge in [-0.3, -0.25) is 14.3 Å². The summed E-state index contributed by atoms with van der Waals surface area (Å²) >= 11 is 4.19. The Labute approximate surface area is 95.7 Å². The van der Waals surface area contributed by atoms with Gasteiger partial charge in [0.2, 0.25) is 0 Å². The number of hydrogen-bond acceptors (Lipinski definition) is 6. The Bertz CT molecular complexity index is 584. The fourth-order valence-corrected chi connectivity index (χ4v) is 1.96. The van der Waals surface area contributed by atoms with Gasteiger partial charge in [0, 0.05) is 7.05 Å². The van der Waals surface area contributed by atoms with E-state index in [9.17, 15) is 9.59 Å². The van der Waals surface area contributed by atoms with Crippen molar-refractivity contribution in [3.8, 4) is 6.07 Å². The van der Waals surface area contributed by atoms with Gasteiger partial charge in [0.05, 0.1) is 6.07 Å². The summed E-state index contributed by atoms with van der Waals surface area (Å²) in [6, 6.07) is 1.96. The van der Waals surface area contributed by atoms with Crippen LogP contribution in [0.2, 0.25) is 0 Å². The quantitative estimate of drug-likeness (QED) is 0.433. The third-order valence-corrected chi connectivity index (χ3v) is 2.78. The Morgan fingerprint density at radius 2 is 2.25 bits per heavy atom.